The lowest BCUT2D eigenvalue weighted by molar-refractivity contribution is 0.0708. The summed E-state index contributed by atoms with van der Waals surface area (Å²) >= 11 is 0. The second-order valence-corrected chi connectivity index (χ2v) is 7.81. The zero-order chi connectivity index (χ0) is 17.0. The van der Waals surface area contributed by atoms with Crippen LogP contribution >= 0.6 is 0 Å². The predicted molar refractivity (Wildman–Crippen MR) is 95.9 cm³/mol. The molecule has 0 bridgehead atoms. The summed E-state index contributed by atoms with van der Waals surface area (Å²) in [4.78, 5) is 0. The maximum absolute atomic E-state index is 5.88. The van der Waals surface area contributed by atoms with Crippen LogP contribution in [-0.2, 0) is 19.7 Å². The van der Waals surface area contributed by atoms with Crippen molar-refractivity contribution in [1.82, 2.24) is 0 Å². The Hall–Kier alpha value is -1.14. The molecule has 5 heteroatoms. The second kappa shape index (κ2) is 11.4. The Labute approximate surface area is 141 Å². The van der Waals surface area contributed by atoms with Crippen LogP contribution in [0.25, 0.3) is 0 Å². The fraction of sp³-hybridized carbons (Fsp3) is 0.556. The Morgan fingerprint density at radius 1 is 0.957 bits per heavy atom. The van der Waals surface area contributed by atoms with Gasteiger partial charge in [-0.2, -0.15) is 0 Å². The normalized spacial score (nSPS) is 11.4. The summed E-state index contributed by atoms with van der Waals surface area (Å²) in [6.07, 6.45) is 3.70. The molecular formula is C18H30O4Si. The average Bonchev–Trinajstić information content (AvgIpc) is 2.55. The lowest BCUT2D eigenvalue weighted by atomic mass is 10.1. The molecule has 0 unspecified atom stereocenters. The van der Waals surface area contributed by atoms with Crippen LogP contribution in [0.2, 0.25) is 6.04 Å². The van der Waals surface area contributed by atoms with Crippen LogP contribution < -0.4 is 4.74 Å². The van der Waals surface area contributed by atoms with Gasteiger partial charge in [-0.1, -0.05) is 24.8 Å². The highest BCUT2D eigenvalue weighted by atomic mass is 28.4. The zero-order valence-corrected chi connectivity index (χ0v) is 15.7. The fourth-order valence-corrected chi connectivity index (χ4v) is 5.03. The summed E-state index contributed by atoms with van der Waals surface area (Å²) < 4.78 is 23.1. The molecule has 0 saturated heterocycles. The van der Waals surface area contributed by atoms with E-state index in [4.69, 9.17) is 18.0 Å². The lowest BCUT2D eigenvalue weighted by Gasteiger charge is -2.28. The molecule has 0 aliphatic heterocycles. The van der Waals surface area contributed by atoms with Gasteiger partial charge in [-0.25, -0.2) is 0 Å². The minimum absolute atomic E-state index is 0.532. The number of ether oxygens (including phenoxy) is 1. The maximum atomic E-state index is 5.88. The SMILES string of the molecule is C=CCOc1ccc(CCC[Si](OCC)(OCC)OCC)cc1. The van der Waals surface area contributed by atoms with E-state index in [1.807, 2.05) is 32.9 Å². The molecule has 0 saturated carbocycles. The van der Waals surface area contributed by atoms with Crippen LogP contribution in [0.4, 0.5) is 0 Å². The van der Waals surface area contributed by atoms with Crippen molar-refractivity contribution in [3.8, 4) is 5.75 Å². The Morgan fingerprint density at radius 2 is 1.52 bits per heavy atom. The molecule has 130 valence electrons. The van der Waals surface area contributed by atoms with Crippen molar-refractivity contribution in [1.29, 1.82) is 0 Å². The van der Waals surface area contributed by atoms with Crippen LogP contribution in [0.1, 0.15) is 32.8 Å². The van der Waals surface area contributed by atoms with Crippen LogP contribution in [-0.4, -0.2) is 35.2 Å². The van der Waals surface area contributed by atoms with E-state index in [1.165, 1.54) is 5.56 Å². The summed E-state index contributed by atoms with van der Waals surface area (Å²) in [5, 5.41) is 0. The van der Waals surface area contributed by atoms with Crippen LogP contribution in [0.15, 0.2) is 36.9 Å². The third-order valence-electron chi connectivity index (χ3n) is 3.33. The molecule has 0 amide bonds. The monoisotopic (exact) mass is 338 g/mol. The van der Waals surface area contributed by atoms with Crippen molar-refractivity contribution in [3.05, 3.63) is 42.5 Å². The van der Waals surface area contributed by atoms with Crippen LogP contribution in [0, 0.1) is 0 Å². The highest BCUT2D eigenvalue weighted by Crippen LogP contribution is 2.21. The van der Waals surface area contributed by atoms with E-state index in [2.05, 4.69) is 18.7 Å². The molecule has 0 spiro atoms. The third kappa shape index (κ3) is 7.31. The van der Waals surface area contributed by atoms with Crippen molar-refractivity contribution in [3.63, 3.8) is 0 Å². The van der Waals surface area contributed by atoms with Crippen molar-refractivity contribution < 1.29 is 18.0 Å². The third-order valence-corrected chi connectivity index (χ3v) is 6.48. The van der Waals surface area contributed by atoms with Crippen molar-refractivity contribution >= 4 is 8.80 Å². The first-order valence-corrected chi connectivity index (χ1v) is 10.4. The highest BCUT2D eigenvalue weighted by Gasteiger charge is 2.39. The number of rotatable bonds is 13. The summed E-state index contributed by atoms with van der Waals surface area (Å²) in [6, 6.07) is 9.04. The van der Waals surface area contributed by atoms with E-state index in [1.54, 1.807) is 6.08 Å². The lowest BCUT2D eigenvalue weighted by Crippen LogP contribution is -2.46. The average molecular weight is 339 g/mol. The zero-order valence-electron chi connectivity index (χ0n) is 14.7. The number of hydrogen-bond donors (Lipinski definition) is 0. The van der Waals surface area contributed by atoms with Gasteiger partial charge in [0.15, 0.2) is 0 Å². The molecule has 23 heavy (non-hydrogen) atoms. The molecular weight excluding hydrogens is 308 g/mol. The van der Waals surface area contributed by atoms with Gasteiger partial charge in [0.25, 0.3) is 0 Å². The minimum atomic E-state index is -2.51. The van der Waals surface area contributed by atoms with E-state index >= 15 is 0 Å². The largest absolute Gasteiger partial charge is 0.500 e. The van der Waals surface area contributed by atoms with Gasteiger partial charge in [0.2, 0.25) is 0 Å². The van der Waals surface area contributed by atoms with Gasteiger partial charge in [0.1, 0.15) is 12.4 Å². The van der Waals surface area contributed by atoms with Gasteiger partial charge in [-0.3, -0.25) is 0 Å². The minimum Gasteiger partial charge on any atom is -0.490 e. The van der Waals surface area contributed by atoms with Gasteiger partial charge in [-0.15, -0.1) is 0 Å². The van der Waals surface area contributed by atoms with Crippen LogP contribution in [0.3, 0.4) is 0 Å². The Balaban J connectivity index is 2.52. The first-order chi connectivity index (χ1) is 11.2. The van der Waals surface area contributed by atoms with Gasteiger partial charge in [-0.05, 0) is 51.3 Å². The van der Waals surface area contributed by atoms with E-state index in [9.17, 15) is 0 Å². The fourth-order valence-electron chi connectivity index (χ4n) is 2.42. The number of aryl methyl sites for hydroxylation is 1. The maximum Gasteiger partial charge on any atom is 0.500 e. The van der Waals surface area contributed by atoms with Crippen molar-refractivity contribution in [2.75, 3.05) is 26.4 Å². The molecule has 0 fully saturated rings. The molecule has 0 atom stereocenters. The van der Waals surface area contributed by atoms with Crippen molar-refractivity contribution in [2.24, 2.45) is 0 Å². The van der Waals surface area contributed by atoms with E-state index in [0.717, 1.165) is 24.6 Å². The Morgan fingerprint density at radius 3 is 2.00 bits per heavy atom. The molecule has 0 N–H and O–H groups in total. The number of benzene rings is 1. The molecule has 0 aliphatic carbocycles. The molecule has 1 rings (SSSR count). The first kappa shape index (κ1) is 19.9. The standard InChI is InChI=1S/C18H30O4Si/c1-5-15-19-18-13-11-17(12-14-18)10-9-16-23(20-6-2,21-7-3)22-8-4/h5,11-14H,1,6-10,15-16H2,2-4H3. The van der Waals surface area contributed by atoms with E-state index < -0.39 is 8.80 Å². The van der Waals surface area contributed by atoms with Gasteiger partial charge in [0, 0.05) is 25.9 Å². The highest BCUT2D eigenvalue weighted by molar-refractivity contribution is 6.60. The summed E-state index contributed by atoms with van der Waals surface area (Å²) in [5.74, 6) is 0.871. The molecule has 0 aliphatic rings. The Kier molecular flexibility index (Phi) is 9.87. The number of hydrogen-bond acceptors (Lipinski definition) is 4. The smallest absolute Gasteiger partial charge is 0.490 e. The van der Waals surface area contributed by atoms with Gasteiger partial charge >= 0.3 is 8.80 Å². The van der Waals surface area contributed by atoms with Gasteiger partial charge < -0.3 is 18.0 Å². The first-order valence-electron chi connectivity index (χ1n) is 8.44. The predicted octanol–water partition coefficient (Wildman–Crippen LogP) is 4.23. The van der Waals surface area contributed by atoms with Crippen molar-refractivity contribution in [2.45, 2.75) is 39.7 Å². The van der Waals surface area contributed by atoms with Gasteiger partial charge in [0.05, 0.1) is 0 Å². The molecule has 0 heterocycles. The Bertz CT molecular complexity index is 416. The summed E-state index contributed by atoms with van der Waals surface area (Å²) in [7, 11) is -2.51. The van der Waals surface area contributed by atoms with Crippen LogP contribution in [0.5, 0.6) is 5.75 Å². The molecule has 0 aromatic heterocycles. The summed E-state index contributed by atoms with van der Waals surface area (Å²) in [5.41, 5.74) is 1.28. The molecule has 4 nitrogen and oxygen atoms in total. The topological polar surface area (TPSA) is 36.9 Å². The second-order valence-electron chi connectivity index (χ2n) is 5.08. The van der Waals surface area contributed by atoms with E-state index in [0.29, 0.717) is 26.4 Å². The quantitative estimate of drug-likeness (QED) is 0.398. The van der Waals surface area contributed by atoms with E-state index in [-0.39, 0.29) is 0 Å². The molecule has 1 aromatic rings. The summed E-state index contributed by atoms with van der Waals surface area (Å²) in [6.45, 7) is 12.0. The molecule has 0 radical (unpaired) electrons. The molecule has 1 aromatic carbocycles.